The van der Waals surface area contributed by atoms with E-state index in [1.54, 1.807) is 12.1 Å². The van der Waals surface area contributed by atoms with Gasteiger partial charge in [0.15, 0.2) is 0 Å². The Morgan fingerprint density at radius 3 is 2.47 bits per heavy atom. The molecule has 0 fully saturated rings. The van der Waals surface area contributed by atoms with Crippen molar-refractivity contribution in [2.45, 2.75) is 19.3 Å². The Hall–Kier alpha value is -1.40. The molecule has 3 heteroatoms. The predicted molar refractivity (Wildman–Crippen MR) is 57.9 cm³/mol. The first-order valence-electron chi connectivity index (χ1n) is 4.90. The number of benzene rings is 1. The highest BCUT2D eigenvalue weighted by Gasteiger charge is 2.19. The minimum Gasteiger partial charge on any atom is -0.304 e. The summed E-state index contributed by atoms with van der Waals surface area (Å²) in [6, 6.07) is 8.51. The van der Waals surface area contributed by atoms with Gasteiger partial charge in [-0.1, -0.05) is 26.0 Å². The molecule has 0 amide bonds. The second kappa shape index (κ2) is 4.90. The molecular formula is C12H15FN2. The summed E-state index contributed by atoms with van der Waals surface area (Å²) < 4.78 is 12.7. The van der Waals surface area contributed by atoms with E-state index in [0.717, 1.165) is 5.56 Å². The number of halogens is 1. The van der Waals surface area contributed by atoms with Gasteiger partial charge in [0.25, 0.3) is 0 Å². The third kappa shape index (κ3) is 3.34. The lowest BCUT2D eigenvalue weighted by molar-refractivity contribution is 0.483. The van der Waals surface area contributed by atoms with E-state index in [1.807, 2.05) is 6.07 Å². The highest BCUT2D eigenvalue weighted by Crippen LogP contribution is 2.22. The molecule has 1 aromatic carbocycles. The Kier molecular flexibility index (Phi) is 3.81. The van der Waals surface area contributed by atoms with E-state index >= 15 is 0 Å². The molecule has 0 aliphatic heterocycles. The van der Waals surface area contributed by atoms with Crippen LogP contribution in [0.15, 0.2) is 24.3 Å². The number of nitriles is 1. The van der Waals surface area contributed by atoms with E-state index in [4.69, 9.17) is 5.26 Å². The van der Waals surface area contributed by atoms with Crippen molar-refractivity contribution < 1.29 is 4.39 Å². The highest BCUT2D eigenvalue weighted by molar-refractivity contribution is 5.24. The molecule has 0 heterocycles. The van der Waals surface area contributed by atoms with Crippen LogP contribution in [0.3, 0.4) is 0 Å². The fourth-order valence-electron chi connectivity index (χ4n) is 1.43. The van der Waals surface area contributed by atoms with Crippen LogP contribution in [0.5, 0.6) is 0 Å². The summed E-state index contributed by atoms with van der Waals surface area (Å²) in [5, 5.41) is 11.4. The third-order valence-electron chi connectivity index (χ3n) is 2.40. The zero-order valence-electron chi connectivity index (χ0n) is 9.05. The van der Waals surface area contributed by atoms with E-state index < -0.39 is 0 Å². The first kappa shape index (κ1) is 11.7. The molecule has 15 heavy (non-hydrogen) atoms. The Morgan fingerprint density at radius 2 is 1.93 bits per heavy atom. The molecule has 0 radical (unpaired) electrons. The molecule has 1 rings (SSSR count). The minimum atomic E-state index is -0.223. The van der Waals surface area contributed by atoms with Crippen molar-refractivity contribution in [1.29, 1.82) is 5.26 Å². The predicted octanol–water partition coefficient (Wildman–Crippen LogP) is 2.22. The molecule has 0 unspecified atom stereocenters. The molecular weight excluding hydrogens is 191 g/mol. The van der Waals surface area contributed by atoms with Crippen molar-refractivity contribution in [3.05, 3.63) is 35.6 Å². The van der Waals surface area contributed by atoms with Gasteiger partial charge in [-0.25, -0.2) is 4.39 Å². The van der Waals surface area contributed by atoms with E-state index in [1.165, 1.54) is 12.1 Å². The number of rotatable bonds is 4. The molecule has 0 saturated carbocycles. The fraction of sp³-hybridized carbons (Fsp3) is 0.417. The molecule has 1 aromatic rings. The SMILES string of the molecule is CC(C)(CNCC#N)c1ccc(F)cc1. The van der Waals surface area contributed by atoms with E-state index in [-0.39, 0.29) is 11.2 Å². The molecule has 80 valence electrons. The maximum absolute atomic E-state index is 12.7. The quantitative estimate of drug-likeness (QED) is 0.605. The summed E-state index contributed by atoms with van der Waals surface area (Å²) in [5.41, 5.74) is 0.971. The molecule has 2 nitrogen and oxygen atoms in total. The Labute approximate surface area is 89.7 Å². The number of hydrogen-bond acceptors (Lipinski definition) is 2. The second-order valence-corrected chi connectivity index (χ2v) is 4.15. The molecule has 0 bridgehead atoms. The molecule has 0 spiro atoms. The normalized spacial score (nSPS) is 11.1. The lowest BCUT2D eigenvalue weighted by Gasteiger charge is -2.25. The lowest BCUT2D eigenvalue weighted by atomic mass is 9.84. The van der Waals surface area contributed by atoms with Crippen molar-refractivity contribution in [3.63, 3.8) is 0 Å². The van der Waals surface area contributed by atoms with Crippen LogP contribution >= 0.6 is 0 Å². The van der Waals surface area contributed by atoms with Crippen LogP contribution in [0.2, 0.25) is 0 Å². The van der Waals surface area contributed by atoms with E-state index in [0.29, 0.717) is 13.1 Å². The summed E-state index contributed by atoms with van der Waals surface area (Å²) in [4.78, 5) is 0. The second-order valence-electron chi connectivity index (χ2n) is 4.15. The van der Waals surface area contributed by atoms with Gasteiger partial charge < -0.3 is 5.32 Å². The molecule has 0 saturated heterocycles. The van der Waals surface area contributed by atoms with Gasteiger partial charge in [-0.05, 0) is 17.7 Å². The maximum Gasteiger partial charge on any atom is 0.123 e. The fourth-order valence-corrected chi connectivity index (χ4v) is 1.43. The van der Waals surface area contributed by atoms with Crippen molar-refractivity contribution in [1.82, 2.24) is 5.32 Å². The van der Waals surface area contributed by atoms with Gasteiger partial charge in [-0.15, -0.1) is 0 Å². The molecule has 0 aromatic heterocycles. The average Bonchev–Trinajstić information content (AvgIpc) is 2.18. The van der Waals surface area contributed by atoms with Crippen molar-refractivity contribution in [2.24, 2.45) is 0 Å². The van der Waals surface area contributed by atoms with Crippen LogP contribution in [-0.4, -0.2) is 13.1 Å². The molecule has 0 atom stereocenters. The van der Waals surface area contributed by atoms with Gasteiger partial charge in [-0.3, -0.25) is 0 Å². The molecule has 0 aliphatic carbocycles. The van der Waals surface area contributed by atoms with Crippen LogP contribution < -0.4 is 5.32 Å². The standard InChI is InChI=1S/C12H15FN2/c1-12(2,9-15-8-7-14)10-3-5-11(13)6-4-10/h3-6,15H,8-9H2,1-2H3. The lowest BCUT2D eigenvalue weighted by Crippen LogP contribution is -2.33. The highest BCUT2D eigenvalue weighted by atomic mass is 19.1. The summed E-state index contributed by atoms with van der Waals surface area (Å²) in [7, 11) is 0. The summed E-state index contributed by atoms with van der Waals surface area (Å²) in [5.74, 6) is -0.223. The van der Waals surface area contributed by atoms with Gasteiger partial charge in [0.05, 0.1) is 12.6 Å². The minimum absolute atomic E-state index is 0.0927. The first-order chi connectivity index (χ1) is 7.06. The summed E-state index contributed by atoms with van der Waals surface area (Å²) >= 11 is 0. The van der Waals surface area contributed by atoms with Gasteiger partial charge in [0.1, 0.15) is 5.82 Å². The van der Waals surface area contributed by atoms with Crippen LogP contribution in [0, 0.1) is 17.1 Å². The van der Waals surface area contributed by atoms with Gasteiger partial charge >= 0.3 is 0 Å². The Morgan fingerprint density at radius 1 is 1.33 bits per heavy atom. The van der Waals surface area contributed by atoms with E-state index in [9.17, 15) is 4.39 Å². The smallest absolute Gasteiger partial charge is 0.123 e. The van der Waals surface area contributed by atoms with Crippen LogP contribution in [0.25, 0.3) is 0 Å². The topological polar surface area (TPSA) is 35.8 Å². The van der Waals surface area contributed by atoms with Crippen molar-refractivity contribution in [3.8, 4) is 6.07 Å². The first-order valence-corrected chi connectivity index (χ1v) is 4.90. The summed E-state index contributed by atoms with van der Waals surface area (Å²) in [6.07, 6.45) is 0. The maximum atomic E-state index is 12.7. The van der Waals surface area contributed by atoms with Gasteiger partial charge in [-0.2, -0.15) is 5.26 Å². The largest absolute Gasteiger partial charge is 0.304 e. The van der Waals surface area contributed by atoms with Crippen molar-refractivity contribution in [2.75, 3.05) is 13.1 Å². The zero-order valence-corrected chi connectivity index (χ0v) is 9.05. The number of nitrogens with zero attached hydrogens (tertiary/aromatic N) is 1. The van der Waals surface area contributed by atoms with Crippen LogP contribution in [0.1, 0.15) is 19.4 Å². The number of nitrogens with one attached hydrogen (secondary N) is 1. The van der Waals surface area contributed by atoms with E-state index in [2.05, 4.69) is 19.2 Å². The zero-order chi connectivity index (χ0) is 11.3. The Balaban J connectivity index is 2.68. The van der Waals surface area contributed by atoms with Crippen LogP contribution in [-0.2, 0) is 5.41 Å². The molecule has 0 aliphatic rings. The Bertz CT molecular complexity index is 349. The van der Waals surface area contributed by atoms with Crippen molar-refractivity contribution >= 4 is 0 Å². The average molecular weight is 206 g/mol. The number of hydrogen-bond donors (Lipinski definition) is 1. The van der Waals surface area contributed by atoms with Gasteiger partial charge in [0, 0.05) is 12.0 Å². The summed E-state index contributed by atoms with van der Waals surface area (Å²) in [6.45, 7) is 5.16. The molecule has 1 N–H and O–H groups in total. The van der Waals surface area contributed by atoms with Gasteiger partial charge in [0.2, 0.25) is 0 Å². The third-order valence-corrected chi connectivity index (χ3v) is 2.40. The monoisotopic (exact) mass is 206 g/mol. The van der Waals surface area contributed by atoms with Crippen LogP contribution in [0.4, 0.5) is 4.39 Å².